The van der Waals surface area contributed by atoms with Gasteiger partial charge in [0, 0.05) is 18.9 Å². The van der Waals surface area contributed by atoms with Gasteiger partial charge in [-0.1, -0.05) is 59.9 Å². The monoisotopic (exact) mass is 467 g/mol. The molecule has 0 unspecified atom stereocenters. The van der Waals surface area contributed by atoms with Crippen molar-refractivity contribution in [2.45, 2.75) is 18.6 Å². The Kier molecular flexibility index (Phi) is 5.13. The van der Waals surface area contributed by atoms with Crippen LogP contribution in [0, 0.1) is 0 Å². The van der Waals surface area contributed by atoms with Crippen LogP contribution in [-0.2, 0) is 6.54 Å². The first-order valence-corrected chi connectivity index (χ1v) is 12.1. The molecule has 0 saturated carbocycles. The van der Waals surface area contributed by atoms with E-state index in [0.29, 0.717) is 6.54 Å². The lowest BCUT2D eigenvalue weighted by atomic mass is 10.0. The Bertz CT molecular complexity index is 1380. The molecule has 33 heavy (non-hydrogen) atoms. The third-order valence-electron chi connectivity index (χ3n) is 5.97. The fraction of sp³-hybridized carbons (Fsp3) is 0.115. The zero-order valence-electron chi connectivity index (χ0n) is 17.7. The molecule has 0 amide bonds. The van der Waals surface area contributed by atoms with Gasteiger partial charge < -0.3 is 10.2 Å². The summed E-state index contributed by atoms with van der Waals surface area (Å²) in [5.41, 5.74) is 4.33. The number of nitrogens with zero attached hydrogens (tertiary/aromatic N) is 4. The summed E-state index contributed by atoms with van der Waals surface area (Å²) in [6.07, 6.45) is 3.92. The highest BCUT2D eigenvalue weighted by Crippen LogP contribution is 2.41. The molecule has 0 spiro atoms. The molecular weight excluding hydrogens is 446 g/mol. The van der Waals surface area contributed by atoms with Crippen molar-refractivity contribution >= 4 is 38.9 Å². The summed E-state index contributed by atoms with van der Waals surface area (Å²) < 4.78 is 3.37. The second-order valence-corrected chi connectivity index (χ2v) is 9.40. The minimum absolute atomic E-state index is 0.0328. The maximum atomic E-state index is 5.84. The first-order valence-electron chi connectivity index (χ1n) is 10.8. The summed E-state index contributed by atoms with van der Waals surface area (Å²) in [4.78, 5) is 11.8. The summed E-state index contributed by atoms with van der Waals surface area (Å²) >= 11 is 7.54. The molecular formula is C26H21N5S2. The maximum Gasteiger partial charge on any atom is 0.194 e. The number of rotatable bonds is 5. The first-order chi connectivity index (χ1) is 16.3. The van der Waals surface area contributed by atoms with Gasteiger partial charge in [-0.05, 0) is 54.2 Å². The Morgan fingerprint density at radius 1 is 0.909 bits per heavy atom. The molecule has 0 bridgehead atoms. The fourth-order valence-corrected chi connectivity index (χ4v) is 5.73. The van der Waals surface area contributed by atoms with E-state index in [-0.39, 0.29) is 12.1 Å². The minimum atomic E-state index is -0.0644. The molecule has 1 N–H and O–H groups in total. The molecule has 2 aromatic carbocycles. The van der Waals surface area contributed by atoms with Crippen molar-refractivity contribution in [1.29, 1.82) is 0 Å². The average molecular weight is 468 g/mol. The van der Waals surface area contributed by atoms with E-state index in [4.69, 9.17) is 17.2 Å². The Labute approximate surface area is 201 Å². The van der Waals surface area contributed by atoms with Gasteiger partial charge >= 0.3 is 0 Å². The largest absolute Gasteiger partial charge is 0.352 e. The van der Waals surface area contributed by atoms with Crippen LogP contribution in [0.15, 0.2) is 97.3 Å². The van der Waals surface area contributed by atoms with Crippen molar-refractivity contribution in [3.8, 4) is 5.13 Å². The molecule has 1 saturated heterocycles. The fourth-order valence-electron chi connectivity index (χ4n) is 4.45. The Morgan fingerprint density at radius 3 is 2.55 bits per heavy atom. The van der Waals surface area contributed by atoms with Crippen LogP contribution >= 0.6 is 23.6 Å². The molecule has 3 aromatic heterocycles. The summed E-state index contributed by atoms with van der Waals surface area (Å²) in [5.74, 6) is 0. The summed E-state index contributed by atoms with van der Waals surface area (Å²) in [6.45, 7) is 0.714. The molecule has 6 rings (SSSR count). The van der Waals surface area contributed by atoms with Gasteiger partial charge in [0.25, 0.3) is 0 Å². The topological polar surface area (TPSA) is 46.0 Å². The highest BCUT2D eigenvalue weighted by Gasteiger charge is 2.41. The molecule has 1 aliphatic rings. The summed E-state index contributed by atoms with van der Waals surface area (Å²) in [6, 6.07) is 28.9. The molecule has 0 radical (unpaired) electrons. The van der Waals surface area contributed by atoms with E-state index in [0.717, 1.165) is 27.1 Å². The molecule has 7 heteroatoms. The quantitative estimate of drug-likeness (QED) is 0.338. The molecule has 2 atom stereocenters. The molecule has 162 valence electrons. The van der Waals surface area contributed by atoms with Gasteiger partial charge in [0.15, 0.2) is 10.2 Å². The van der Waals surface area contributed by atoms with Crippen LogP contribution in [-0.4, -0.2) is 24.5 Å². The van der Waals surface area contributed by atoms with Gasteiger partial charge in [-0.2, -0.15) is 0 Å². The second kappa shape index (κ2) is 8.42. The minimum Gasteiger partial charge on any atom is -0.352 e. The van der Waals surface area contributed by atoms with Gasteiger partial charge in [0.2, 0.25) is 0 Å². The zero-order valence-corrected chi connectivity index (χ0v) is 19.3. The lowest BCUT2D eigenvalue weighted by Crippen LogP contribution is -2.30. The van der Waals surface area contributed by atoms with E-state index in [1.165, 1.54) is 10.3 Å². The van der Waals surface area contributed by atoms with E-state index in [1.807, 2.05) is 30.5 Å². The van der Waals surface area contributed by atoms with Crippen LogP contribution in [0.4, 0.5) is 0 Å². The predicted octanol–water partition coefficient (Wildman–Crippen LogP) is 5.65. The number of thiocarbonyl (C=S) groups is 1. The van der Waals surface area contributed by atoms with Crippen LogP contribution in [0.2, 0.25) is 0 Å². The number of nitrogens with one attached hydrogen (secondary N) is 1. The van der Waals surface area contributed by atoms with E-state index < -0.39 is 0 Å². The standard InChI is InChI=1S/C26H21N5S2/c32-25-29-23(20-12-6-7-15-27-20)24(31(25)17-18-9-2-1-3-10-18)21-13-8-16-30(21)26-28-19-11-4-5-14-22(19)33-26/h1-16,23-24H,17H2,(H,29,32)/t23-,24+/m1/s1. The molecule has 0 aliphatic carbocycles. The lowest BCUT2D eigenvalue weighted by molar-refractivity contribution is 0.302. The van der Waals surface area contributed by atoms with Crippen LogP contribution < -0.4 is 5.32 Å². The third kappa shape index (κ3) is 3.69. The Balaban J connectivity index is 1.46. The summed E-state index contributed by atoms with van der Waals surface area (Å²) in [7, 11) is 0. The van der Waals surface area contributed by atoms with Crippen LogP contribution in [0.25, 0.3) is 15.3 Å². The number of aromatic nitrogens is 3. The highest BCUT2D eigenvalue weighted by molar-refractivity contribution is 7.80. The van der Waals surface area contributed by atoms with Gasteiger partial charge in [0.05, 0.1) is 33.7 Å². The maximum absolute atomic E-state index is 5.84. The second-order valence-electron chi connectivity index (χ2n) is 8.01. The number of hydrogen-bond donors (Lipinski definition) is 1. The molecule has 4 heterocycles. The van der Waals surface area contributed by atoms with Crippen LogP contribution in [0.5, 0.6) is 0 Å². The third-order valence-corrected chi connectivity index (χ3v) is 7.35. The molecule has 5 nitrogen and oxygen atoms in total. The van der Waals surface area contributed by atoms with Gasteiger partial charge in [-0.15, -0.1) is 0 Å². The van der Waals surface area contributed by atoms with Crippen molar-refractivity contribution < 1.29 is 0 Å². The zero-order chi connectivity index (χ0) is 22.2. The van der Waals surface area contributed by atoms with Crippen molar-refractivity contribution in [2.24, 2.45) is 0 Å². The lowest BCUT2D eigenvalue weighted by Gasteiger charge is -2.28. The number of benzene rings is 2. The number of fused-ring (bicyclic) bond motifs is 1. The van der Waals surface area contributed by atoms with Crippen LogP contribution in [0.3, 0.4) is 0 Å². The number of pyridine rings is 1. The van der Waals surface area contributed by atoms with Gasteiger partial charge in [-0.3, -0.25) is 9.55 Å². The number of para-hydroxylation sites is 1. The number of hydrogen-bond acceptors (Lipinski definition) is 4. The van der Waals surface area contributed by atoms with Gasteiger partial charge in [-0.25, -0.2) is 4.98 Å². The normalized spacial score (nSPS) is 18.1. The molecule has 1 aliphatic heterocycles. The van der Waals surface area contributed by atoms with E-state index in [1.54, 1.807) is 11.3 Å². The highest BCUT2D eigenvalue weighted by atomic mass is 32.1. The van der Waals surface area contributed by atoms with Crippen molar-refractivity contribution in [1.82, 2.24) is 24.8 Å². The van der Waals surface area contributed by atoms with Crippen LogP contribution in [0.1, 0.15) is 29.0 Å². The Hall–Kier alpha value is -3.55. The van der Waals surface area contributed by atoms with Crippen molar-refractivity contribution in [2.75, 3.05) is 0 Å². The van der Waals surface area contributed by atoms with E-state index in [9.17, 15) is 0 Å². The Morgan fingerprint density at radius 2 is 1.73 bits per heavy atom. The van der Waals surface area contributed by atoms with Crippen molar-refractivity contribution in [3.63, 3.8) is 0 Å². The SMILES string of the molecule is S=C1N[C@H](c2ccccn2)[C@H](c2cccn2-c2nc3ccccc3s2)N1Cc1ccccc1. The number of thiazole rings is 1. The first kappa shape index (κ1) is 20.1. The van der Waals surface area contributed by atoms with Crippen molar-refractivity contribution in [3.05, 3.63) is 114 Å². The summed E-state index contributed by atoms with van der Waals surface area (Å²) in [5, 5.41) is 5.23. The predicted molar refractivity (Wildman–Crippen MR) is 136 cm³/mol. The average Bonchev–Trinajstić information content (AvgIpc) is 3.57. The van der Waals surface area contributed by atoms with E-state index in [2.05, 4.69) is 86.6 Å². The van der Waals surface area contributed by atoms with E-state index >= 15 is 0 Å². The molecule has 1 fully saturated rings. The molecule has 5 aromatic rings. The smallest absolute Gasteiger partial charge is 0.194 e. The van der Waals surface area contributed by atoms with Gasteiger partial charge in [0.1, 0.15) is 0 Å².